The van der Waals surface area contributed by atoms with Crippen LogP contribution >= 0.6 is 11.8 Å². The standard InChI is InChI=1S/C17H21N3O2S/c1-19(10-6-9-18)17(22)14-7-2-3-8-15(14)23-13-16(21)20-11-4-5-12-20/h2-3,7-8H,4-6,10-13H2,1H3. The summed E-state index contributed by atoms with van der Waals surface area (Å²) < 4.78 is 0. The molecule has 5 nitrogen and oxygen atoms in total. The largest absolute Gasteiger partial charge is 0.342 e. The Morgan fingerprint density at radius 3 is 2.70 bits per heavy atom. The first-order valence-corrected chi connectivity index (χ1v) is 8.74. The second-order valence-corrected chi connectivity index (χ2v) is 6.52. The van der Waals surface area contributed by atoms with Gasteiger partial charge in [0.1, 0.15) is 0 Å². The van der Waals surface area contributed by atoms with E-state index in [2.05, 4.69) is 0 Å². The average Bonchev–Trinajstić information content (AvgIpc) is 3.11. The molecule has 122 valence electrons. The first-order chi connectivity index (χ1) is 11.1. The van der Waals surface area contributed by atoms with Gasteiger partial charge in [-0.2, -0.15) is 5.26 Å². The van der Waals surface area contributed by atoms with Crippen LogP contribution in [0.25, 0.3) is 0 Å². The first kappa shape index (κ1) is 17.4. The summed E-state index contributed by atoms with van der Waals surface area (Å²) in [6.45, 7) is 2.09. The molecule has 0 saturated carbocycles. The number of nitrogens with zero attached hydrogens (tertiary/aromatic N) is 3. The summed E-state index contributed by atoms with van der Waals surface area (Å²) >= 11 is 1.41. The number of rotatable bonds is 6. The molecule has 0 radical (unpaired) electrons. The zero-order valence-electron chi connectivity index (χ0n) is 13.3. The van der Waals surface area contributed by atoms with Gasteiger partial charge in [-0.1, -0.05) is 12.1 Å². The fourth-order valence-electron chi connectivity index (χ4n) is 2.49. The van der Waals surface area contributed by atoms with Gasteiger partial charge in [-0.3, -0.25) is 9.59 Å². The van der Waals surface area contributed by atoms with Gasteiger partial charge in [0.15, 0.2) is 0 Å². The van der Waals surface area contributed by atoms with Crippen molar-refractivity contribution in [3.05, 3.63) is 29.8 Å². The van der Waals surface area contributed by atoms with Crippen LogP contribution in [0.1, 0.15) is 29.6 Å². The Morgan fingerprint density at radius 2 is 2.00 bits per heavy atom. The zero-order valence-corrected chi connectivity index (χ0v) is 14.1. The Labute approximate surface area is 141 Å². The number of nitriles is 1. The van der Waals surface area contributed by atoms with Crippen LogP contribution in [0.3, 0.4) is 0 Å². The molecule has 6 heteroatoms. The molecule has 1 heterocycles. The molecule has 1 aromatic carbocycles. The van der Waals surface area contributed by atoms with Crippen LogP contribution in [0, 0.1) is 11.3 Å². The third kappa shape index (κ3) is 4.73. The molecular weight excluding hydrogens is 310 g/mol. The van der Waals surface area contributed by atoms with E-state index in [9.17, 15) is 9.59 Å². The van der Waals surface area contributed by atoms with Crippen molar-refractivity contribution in [2.75, 3.05) is 32.4 Å². The number of likely N-dealkylation sites (tertiary alicyclic amines) is 1. The highest BCUT2D eigenvalue weighted by Crippen LogP contribution is 2.24. The SMILES string of the molecule is CN(CCC#N)C(=O)c1ccccc1SCC(=O)N1CCCC1. The minimum absolute atomic E-state index is 0.114. The van der Waals surface area contributed by atoms with Gasteiger partial charge in [0.25, 0.3) is 5.91 Å². The monoisotopic (exact) mass is 331 g/mol. The molecule has 0 unspecified atom stereocenters. The maximum absolute atomic E-state index is 12.5. The van der Waals surface area contributed by atoms with E-state index in [1.54, 1.807) is 18.0 Å². The van der Waals surface area contributed by atoms with Crippen LogP contribution in [-0.4, -0.2) is 54.0 Å². The van der Waals surface area contributed by atoms with Crippen molar-refractivity contribution in [1.29, 1.82) is 5.26 Å². The third-order valence-corrected chi connectivity index (χ3v) is 4.89. The molecule has 0 spiro atoms. The van der Waals surface area contributed by atoms with Gasteiger partial charge in [-0.05, 0) is 25.0 Å². The molecule has 2 rings (SSSR count). The second-order valence-electron chi connectivity index (χ2n) is 5.51. The van der Waals surface area contributed by atoms with E-state index in [4.69, 9.17) is 5.26 Å². The zero-order chi connectivity index (χ0) is 16.7. The lowest BCUT2D eigenvalue weighted by Gasteiger charge is -2.18. The van der Waals surface area contributed by atoms with Gasteiger partial charge in [-0.15, -0.1) is 11.8 Å². The minimum atomic E-state index is -0.114. The van der Waals surface area contributed by atoms with E-state index in [0.717, 1.165) is 30.8 Å². The van der Waals surface area contributed by atoms with Crippen molar-refractivity contribution in [2.45, 2.75) is 24.2 Å². The summed E-state index contributed by atoms with van der Waals surface area (Å²) in [5, 5.41) is 8.64. The van der Waals surface area contributed by atoms with Crippen LogP contribution in [0.15, 0.2) is 29.2 Å². The van der Waals surface area contributed by atoms with Crippen LogP contribution in [0.5, 0.6) is 0 Å². The van der Waals surface area contributed by atoms with E-state index in [1.165, 1.54) is 11.8 Å². The van der Waals surface area contributed by atoms with Crippen molar-refractivity contribution >= 4 is 23.6 Å². The van der Waals surface area contributed by atoms with Gasteiger partial charge in [0, 0.05) is 31.6 Å². The molecule has 1 fully saturated rings. The number of carbonyl (C=O) groups excluding carboxylic acids is 2. The molecular formula is C17H21N3O2S. The van der Waals surface area contributed by atoms with Gasteiger partial charge in [0.2, 0.25) is 5.91 Å². The van der Waals surface area contributed by atoms with Gasteiger partial charge < -0.3 is 9.80 Å². The highest BCUT2D eigenvalue weighted by molar-refractivity contribution is 8.00. The van der Waals surface area contributed by atoms with Gasteiger partial charge in [0.05, 0.1) is 23.8 Å². The molecule has 2 amide bonds. The Hall–Kier alpha value is -2.00. The molecule has 0 N–H and O–H groups in total. The maximum Gasteiger partial charge on any atom is 0.254 e. The van der Waals surface area contributed by atoms with Crippen LogP contribution in [-0.2, 0) is 4.79 Å². The summed E-state index contributed by atoms with van der Waals surface area (Å²) in [4.78, 5) is 28.9. The van der Waals surface area contributed by atoms with E-state index < -0.39 is 0 Å². The van der Waals surface area contributed by atoms with Crippen molar-refractivity contribution in [1.82, 2.24) is 9.80 Å². The second kappa shape index (κ2) is 8.59. The smallest absolute Gasteiger partial charge is 0.254 e. The molecule has 1 aliphatic heterocycles. The molecule has 0 aliphatic carbocycles. The number of hydrogen-bond donors (Lipinski definition) is 0. The number of amides is 2. The van der Waals surface area contributed by atoms with E-state index >= 15 is 0 Å². The number of carbonyl (C=O) groups is 2. The average molecular weight is 331 g/mol. The molecule has 0 atom stereocenters. The fourth-order valence-corrected chi connectivity index (χ4v) is 3.44. The highest BCUT2D eigenvalue weighted by Gasteiger charge is 2.20. The Bertz CT molecular complexity index is 606. The van der Waals surface area contributed by atoms with Crippen molar-refractivity contribution in [3.63, 3.8) is 0 Å². The molecule has 1 aromatic rings. The highest BCUT2D eigenvalue weighted by atomic mass is 32.2. The van der Waals surface area contributed by atoms with Crippen LogP contribution < -0.4 is 0 Å². The number of benzene rings is 1. The Morgan fingerprint density at radius 1 is 1.30 bits per heavy atom. The summed E-state index contributed by atoms with van der Waals surface area (Å²) in [7, 11) is 1.69. The van der Waals surface area contributed by atoms with Crippen LogP contribution in [0.4, 0.5) is 0 Å². The first-order valence-electron chi connectivity index (χ1n) is 7.75. The minimum Gasteiger partial charge on any atom is -0.342 e. The van der Waals surface area contributed by atoms with Gasteiger partial charge >= 0.3 is 0 Å². The maximum atomic E-state index is 12.5. The molecule has 0 bridgehead atoms. The Balaban J connectivity index is 2.00. The predicted molar refractivity (Wildman–Crippen MR) is 90.2 cm³/mol. The van der Waals surface area contributed by atoms with E-state index in [0.29, 0.717) is 24.3 Å². The Kier molecular flexibility index (Phi) is 6.48. The van der Waals surface area contributed by atoms with E-state index in [-0.39, 0.29) is 11.8 Å². The molecule has 1 saturated heterocycles. The lowest BCUT2D eigenvalue weighted by molar-refractivity contribution is -0.127. The lowest BCUT2D eigenvalue weighted by atomic mass is 10.2. The van der Waals surface area contributed by atoms with Crippen molar-refractivity contribution < 1.29 is 9.59 Å². The molecule has 0 aromatic heterocycles. The third-order valence-electron chi connectivity index (χ3n) is 3.83. The van der Waals surface area contributed by atoms with E-state index in [1.807, 2.05) is 29.2 Å². The number of hydrogen-bond acceptors (Lipinski definition) is 4. The van der Waals surface area contributed by atoms with Gasteiger partial charge in [-0.25, -0.2) is 0 Å². The predicted octanol–water partition coefficient (Wildman–Crippen LogP) is 2.39. The molecule has 23 heavy (non-hydrogen) atoms. The van der Waals surface area contributed by atoms with Crippen LogP contribution in [0.2, 0.25) is 0 Å². The summed E-state index contributed by atoms with van der Waals surface area (Å²) in [5.74, 6) is 0.371. The topological polar surface area (TPSA) is 64.4 Å². The fraction of sp³-hybridized carbons (Fsp3) is 0.471. The van der Waals surface area contributed by atoms with Crippen molar-refractivity contribution in [3.8, 4) is 6.07 Å². The normalized spacial score (nSPS) is 13.7. The lowest BCUT2D eigenvalue weighted by Crippen LogP contribution is -2.29. The summed E-state index contributed by atoms with van der Waals surface area (Å²) in [6.07, 6.45) is 2.47. The quantitative estimate of drug-likeness (QED) is 0.751. The number of thioether (sulfide) groups is 1. The molecule has 1 aliphatic rings. The summed E-state index contributed by atoms with van der Waals surface area (Å²) in [6, 6.07) is 9.37. The summed E-state index contributed by atoms with van der Waals surface area (Å²) in [5.41, 5.74) is 0.590. The van der Waals surface area contributed by atoms with Crippen molar-refractivity contribution in [2.24, 2.45) is 0 Å².